The van der Waals surface area contributed by atoms with Crippen molar-refractivity contribution in [1.29, 1.82) is 0 Å². The van der Waals surface area contributed by atoms with E-state index < -0.39 is 5.97 Å². The summed E-state index contributed by atoms with van der Waals surface area (Å²) in [6.45, 7) is 3.46. The first kappa shape index (κ1) is 16.2. The Labute approximate surface area is 137 Å². The standard InChI is InChI=1S/C17H16BrNO3/c1-11-4-3-5-15(12(11)2)17(21)22-10-16(20)19-14-8-6-13(18)7-9-14/h3-9H,10H2,1-2H3,(H,19,20). The largest absolute Gasteiger partial charge is 0.452 e. The normalized spacial score (nSPS) is 10.1. The van der Waals surface area contributed by atoms with Gasteiger partial charge in [-0.2, -0.15) is 0 Å². The molecule has 0 aliphatic heterocycles. The zero-order chi connectivity index (χ0) is 16.1. The van der Waals surface area contributed by atoms with Crippen molar-refractivity contribution < 1.29 is 14.3 Å². The summed E-state index contributed by atoms with van der Waals surface area (Å²) < 4.78 is 5.98. The van der Waals surface area contributed by atoms with Crippen molar-refractivity contribution in [1.82, 2.24) is 0 Å². The summed E-state index contributed by atoms with van der Waals surface area (Å²) in [6.07, 6.45) is 0. The van der Waals surface area contributed by atoms with Crippen molar-refractivity contribution in [3.8, 4) is 0 Å². The van der Waals surface area contributed by atoms with Crippen LogP contribution in [0.1, 0.15) is 21.5 Å². The Bertz CT molecular complexity index is 696. The minimum absolute atomic E-state index is 0.317. The highest BCUT2D eigenvalue weighted by atomic mass is 79.9. The van der Waals surface area contributed by atoms with E-state index in [1.165, 1.54) is 0 Å². The lowest BCUT2D eigenvalue weighted by atomic mass is 10.0. The Kier molecular flexibility index (Phi) is 5.33. The first-order chi connectivity index (χ1) is 10.5. The van der Waals surface area contributed by atoms with Crippen LogP contribution in [0.25, 0.3) is 0 Å². The number of esters is 1. The molecule has 0 atom stereocenters. The lowest BCUT2D eigenvalue weighted by Crippen LogP contribution is -2.21. The summed E-state index contributed by atoms with van der Waals surface area (Å²) in [5, 5.41) is 2.66. The molecule has 4 nitrogen and oxygen atoms in total. The molecule has 1 amide bonds. The number of halogens is 1. The number of rotatable bonds is 4. The highest BCUT2D eigenvalue weighted by Gasteiger charge is 2.13. The van der Waals surface area contributed by atoms with E-state index in [-0.39, 0.29) is 12.5 Å². The van der Waals surface area contributed by atoms with Crippen LogP contribution < -0.4 is 5.32 Å². The summed E-state index contributed by atoms with van der Waals surface area (Å²) in [6, 6.07) is 12.6. The van der Waals surface area contributed by atoms with Crippen LogP contribution in [0, 0.1) is 13.8 Å². The average Bonchev–Trinajstić information content (AvgIpc) is 2.50. The Morgan fingerprint density at radius 2 is 1.77 bits per heavy atom. The smallest absolute Gasteiger partial charge is 0.338 e. The van der Waals surface area contributed by atoms with Gasteiger partial charge in [0.1, 0.15) is 0 Å². The lowest BCUT2D eigenvalue weighted by molar-refractivity contribution is -0.119. The van der Waals surface area contributed by atoms with Crippen LogP contribution >= 0.6 is 15.9 Å². The molecule has 1 N–H and O–H groups in total. The lowest BCUT2D eigenvalue weighted by Gasteiger charge is -2.09. The molecule has 0 aromatic heterocycles. The first-order valence-electron chi connectivity index (χ1n) is 6.76. The fourth-order valence-electron chi connectivity index (χ4n) is 1.91. The molecule has 0 saturated carbocycles. The van der Waals surface area contributed by atoms with Gasteiger partial charge in [-0.15, -0.1) is 0 Å². The van der Waals surface area contributed by atoms with E-state index in [0.29, 0.717) is 11.3 Å². The highest BCUT2D eigenvalue weighted by molar-refractivity contribution is 9.10. The predicted molar refractivity (Wildman–Crippen MR) is 89.0 cm³/mol. The van der Waals surface area contributed by atoms with Crippen LogP contribution in [0.2, 0.25) is 0 Å². The molecule has 0 saturated heterocycles. The van der Waals surface area contributed by atoms with E-state index in [9.17, 15) is 9.59 Å². The van der Waals surface area contributed by atoms with E-state index in [1.54, 1.807) is 24.3 Å². The van der Waals surface area contributed by atoms with E-state index >= 15 is 0 Å². The molecule has 0 radical (unpaired) electrons. The third-order valence-corrected chi connectivity index (χ3v) is 3.82. The molecule has 0 aliphatic carbocycles. The maximum absolute atomic E-state index is 12.0. The Morgan fingerprint density at radius 3 is 2.45 bits per heavy atom. The second-order valence-electron chi connectivity index (χ2n) is 4.88. The fourth-order valence-corrected chi connectivity index (χ4v) is 2.18. The van der Waals surface area contributed by atoms with Gasteiger partial charge < -0.3 is 10.1 Å². The third kappa shape index (κ3) is 4.18. The topological polar surface area (TPSA) is 55.4 Å². The molecule has 22 heavy (non-hydrogen) atoms. The minimum atomic E-state index is -0.493. The monoisotopic (exact) mass is 361 g/mol. The van der Waals surface area contributed by atoms with Gasteiger partial charge in [0.05, 0.1) is 5.56 Å². The predicted octanol–water partition coefficient (Wildman–Crippen LogP) is 3.86. The van der Waals surface area contributed by atoms with Gasteiger partial charge in [-0.3, -0.25) is 4.79 Å². The van der Waals surface area contributed by atoms with Crippen molar-refractivity contribution in [2.24, 2.45) is 0 Å². The van der Waals surface area contributed by atoms with Gasteiger partial charge in [0.25, 0.3) is 5.91 Å². The average molecular weight is 362 g/mol. The van der Waals surface area contributed by atoms with Crippen molar-refractivity contribution in [2.75, 3.05) is 11.9 Å². The van der Waals surface area contributed by atoms with Gasteiger partial charge in [-0.1, -0.05) is 28.1 Å². The van der Waals surface area contributed by atoms with Crippen LogP contribution in [0.15, 0.2) is 46.9 Å². The Morgan fingerprint density at radius 1 is 1.09 bits per heavy atom. The van der Waals surface area contributed by atoms with Crippen molar-refractivity contribution in [2.45, 2.75) is 13.8 Å². The molecule has 5 heteroatoms. The molecule has 2 aromatic carbocycles. The van der Waals surface area contributed by atoms with Gasteiger partial charge in [0, 0.05) is 10.2 Å². The van der Waals surface area contributed by atoms with Gasteiger partial charge in [-0.25, -0.2) is 4.79 Å². The first-order valence-corrected chi connectivity index (χ1v) is 7.55. The number of ether oxygens (including phenoxy) is 1. The van der Waals surface area contributed by atoms with Crippen molar-refractivity contribution >= 4 is 33.5 Å². The van der Waals surface area contributed by atoms with Gasteiger partial charge >= 0.3 is 5.97 Å². The quantitative estimate of drug-likeness (QED) is 0.841. The third-order valence-electron chi connectivity index (χ3n) is 3.29. The summed E-state index contributed by atoms with van der Waals surface area (Å²) in [4.78, 5) is 23.8. The van der Waals surface area contributed by atoms with Gasteiger partial charge in [0.15, 0.2) is 6.61 Å². The molecule has 114 valence electrons. The number of nitrogens with one attached hydrogen (secondary N) is 1. The number of amides is 1. The number of anilines is 1. The second kappa shape index (κ2) is 7.22. The van der Waals surface area contributed by atoms with Crippen LogP contribution in [0.4, 0.5) is 5.69 Å². The highest BCUT2D eigenvalue weighted by Crippen LogP contribution is 2.15. The van der Waals surface area contributed by atoms with Crippen LogP contribution in [0.5, 0.6) is 0 Å². The van der Waals surface area contributed by atoms with E-state index in [2.05, 4.69) is 21.2 Å². The summed E-state index contributed by atoms with van der Waals surface area (Å²) >= 11 is 3.32. The number of hydrogen-bond donors (Lipinski definition) is 1. The van der Waals surface area contributed by atoms with Crippen LogP contribution in [-0.4, -0.2) is 18.5 Å². The number of hydrogen-bond acceptors (Lipinski definition) is 3. The number of benzene rings is 2. The molecular weight excluding hydrogens is 346 g/mol. The van der Waals surface area contributed by atoms with E-state index in [0.717, 1.165) is 15.6 Å². The molecule has 0 spiro atoms. The molecule has 0 unspecified atom stereocenters. The Hall–Kier alpha value is -2.14. The molecule has 0 aliphatic rings. The SMILES string of the molecule is Cc1cccc(C(=O)OCC(=O)Nc2ccc(Br)cc2)c1C. The fraction of sp³-hybridized carbons (Fsp3) is 0.176. The molecule has 0 bridgehead atoms. The number of aryl methyl sites for hydroxylation is 1. The molecular formula is C17H16BrNO3. The molecule has 0 heterocycles. The summed E-state index contributed by atoms with van der Waals surface area (Å²) in [5.74, 6) is -0.867. The summed E-state index contributed by atoms with van der Waals surface area (Å²) in [7, 11) is 0. The molecule has 2 aromatic rings. The van der Waals surface area contributed by atoms with E-state index in [4.69, 9.17) is 4.74 Å². The molecule has 0 fully saturated rings. The van der Waals surface area contributed by atoms with Gasteiger partial charge in [-0.05, 0) is 55.3 Å². The van der Waals surface area contributed by atoms with Crippen LogP contribution in [0.3, 0.4) is 0 Å². The van der Waals surface area contributed by atoms with Crippen molar-refractivity contribution in [3.63, 3.8) is 0 Å². The zero-order valence-corrected chi connectivity index (χ0v) is 13.9. The minimum Gasteiger partial charge on any atom is -0.452 e. The van der Waals surface area contributed by atoms with Crippen LogP contribution in [-0.2, 0) is 9.53 Å². The zero-order valence-electron chi connectivity index (χ0n) is 12.4. The van der Waals surface area contributed by atoms with Gasteiger partial charge in [0.2, 0.25) is 0 Å². The maximum Gasteiger partial charge on any atom is 0.338 e. The summed E-state index contributed by atoms with van der Waals surface area (Å²) in [5.41, 5.74) is 3.00. The van der Waals surface area contributed by atoms with Crippen molar-refractivity contribution in [3.05, 3.63) is 63.6 Å². The number of carbonyl (C=O) groups excluding carboxylic acids is 2. The molecule has 2 rings (SSSR count). The number of carbonyl (C=O) groups is 2. The maximum atomic E-state index is 12.0. The second-order valence-corrected chi connectivity index (χ2v) is 5.79. The van der Waals surface area contributed by atoms with E-state index in [1.807, 2.05) is 32.0 Å². The Balaban J connectivity index is 1.92.